The van der Waals surface area contributed by atoms with Crippen LogP contribution in [0.4, 0.5) is 0 Å². The molecule has 5 heteroatoms. The van der Waals surface area contributed by atoms with Crippen LogP contribution < -0.4 is 10.6 Å². The minimum atomic E-state index is 0.0317. The van der Waals surface area contributed by atoms with E-state index in [4.69, 9.17) is 16.3 Å². The Morgan fingerprint density at radius 1 is 1.50 bits per heavy atom. The molecule has 0 saturated carbocycles. The summed E-state index contributed by atoms with van der Waals surface area (Å²) in [6.07, 6.45) is 1.30. The predicted molar refractivity (Wildman–Crippen MR) is 79.9 cm³/mol. The highest BCUT2D eigenvalue weighted by Gasteiger charge is 2.19. The lowest BCUT2D eigenvalue weighted by Crippen LogP contribution is -2.44. The van der Waals surface area contributed by atoms with Crippen LogP contribution in [-0.2, 0) is 9.53 Å². The predicted octanol–water partition coefficient (Wildman–Crippen LogP) is 2.29. The molecule has 0 radical (unpaired) electrons. The van der Waals surface area contributed by atoms with Crippen LogP contribution in [0.2, 0.25) is 5.02 Å². The van der Waals surface area contributed by atoms with Crippen LogP contribution in [0, 0.1) is 0 Å². The van der Waals surface area contributed by atoms with Crippen molar-refractivity contribution in [2.75, 3.05) is 19.8 Å². The Hall–Kier alpha value is -1.10. The first-order valence-corrected chi connectivity index (χ1v) is 7.42. The van der Waals surface area contributed by atoms with E-state index >= 15 is 0 Å². The van der Waals surface area contributed by atoms with Gasteiger partial charge in [0.05, 0.1) is 19.3 Å². The second kappa shape index (κ2) is 7.62. The van der Waals surface area contributed by atoms with Crippen molar-refractivity contribution in [3.05, 3.63) is 34.9 Å². The molecular weight excluding hydrogens is 276 g/mol. The molecule has 1 amide bonds. The average Bonchev–Trinajstić information content (AvgIpc) is 2.47. The molecule has 1 aliphatic rings. The second-order valence-corrected chi connectivity index (χ2v) is 5.45. The standard InChI is InChI=1S/C15H21ClN2O2/c1-2-14(11-3-5-12(16)6-4-11)18-15(19)9-13-10-20-8-7-17-13/h3-6,13-14,17H,2,7-10H2,1H3,(H,18,19). The summed E-state index contributed by atoms with van der Waals surface area (Å²) in [6.45, 7) is 4.19. The van der Waals surface area contributed by atoms with E-state index in [0.29, 0.717) is 18.1 Å². The summed E-state index contributed by atoms with van der Waals surface area (Å²) in [5.74, 6) is 0.0507. The molecule has 0 bridgehead atoms. The summed E-state index contributed by atoms with van der Waals surface area (Å²) in [5, 5.41) is 7.06. The van der Waals surface area contributed by atoms with Crippen molar-refractivity contribution in [2.45, 2.75) is 31.8 Å². The van der Waals surface area contributed by atoms with E-state index in [0.717, 1.165) is 25.1 Å². The van der Waals surface area contributed by atoms with Crippen LogP contribution in [0.1, 0.15) is 31.4 Å². The number of morpholine rings is 1. The molecule has 2 unspecified atom stereocenters. The van der Waals surface area contributed by atoms with Gasteiger partial charge in [0.15, 0.2) is 0 Å². The maximum absolute atomic E-state index is 12.1. The molecule has 1 saturated heterocycles. The SMILES string of the molecule is CCC(NC(=O)CC1COCCN1)c1ccc(Cl)cc1. The van der Waals surface area contributed by atoms with Gasteiger partial charge in [-0.15, -0.1) is 0 Å². The van der Waals surface area contributed by atoms with Crippen molar-refractivity contribution in [3.8, 4) is 0 Å². The summed E-state index contributed by atoms with van der Waals surface area (Å²) >= 11 is 5.88. The zero-order chi connectivity index (χ0) is 14.4. The lowest BCUT2D eigenvalue weighted by Gasteiger charge is -2.24. The van der Waals surface area contributed by atoms with E-state index in [1.54, 1.807) is 0 Å². The summed E-state index contributed by atoms with van der Waals surface area (Å²) < 4.78 is 5.35. The van der Waals surface area contributed by atoms with Gasteiger partial charge in [0.2, 0.25) is 5.91 Å². The maximum atomic E-state index is 12.1. The van der Waals surface area contributed by atoms with E-state index in [-0.39, 0.29) is 18.0 Å². The fourth-order valence-electron chi connectivity index (χ4n) is 2.34. The molecule has 4 nitrogen and oxygen atoms in total. The van der Waals surface area contributed by atoms with Crippen molar-refractivity contribution in [1.29, 1.82) is 0 Å². The number of hydrogen-bond acceptors (Lipinski definition) is 3. The highest BCUT2D eigenvalue weighted by atomic mass is 35.5. The number of carbonyl (C=O) groups excluding carboxylic acids is 1. The molecule has 2 rings (SSSR count). The van der Waals surface area contributed by atoms with Gasteiger partial charge in [-0.2, -0.15) is 0 Å². The second-order valence-electron chi connectivity index (χ2n) is 5.01. The summed E-state index contributed by atoms with van der Waals surface area (Å²) in [6, 6.07) is 7.76. The molecule has 1 aromatic carbocycles. The lowest BCUT2D eigenvalue weighted by atomic mass is 10.0. The number of benzene rings is 1. The van der Waals surface area contributed by atoms with Crippen molar-refractivity contribution in [3.63, 3.8) is 0 Å². The molecule has 0 spiro atoms. The van der Waals surface area contributed by atoms with Gasteiger partial charge in [-0.3, -0.25) is 4.79 Å². The third-order valence-electron chi connectivity index (χ3n) is 3.45. The Morgan fingerprint density at radius 2 is 2.25 bits per heavy atom. The van der Waals surface area contributed by atoms with Gasteiger partial charge in [-0.25, -0.2) is 0 Å². The van der Waals surface area contributed by atoms with Crippen LogP contribution in [0.15, 0.2) is 24.3 Å². The molecule has 1 aliphatic heterocycles. The number of amides is 1. The molecule has 1 heterocycles. The van der Waals surface area contributed by atoms with Crippen molar-refractivity contribution in [2.24, 2.45) is 0 Å². The normalized spacial score (nSPS) is 20.4. The largest absolute Gasteiger partial charge is 0.378 e. The van der Waals surface area contributed by atoms with E-state index in [2.05, 4.69) is 17.6 Å². The fourth-order valence-corrected chi connectivity index (χ4v) is 2.47. The molecule has 110 valence electrons. The van der Waals surface area contributed by atoms with Gasteiger partial charge < -0.3 is 15.4 Å². The number of nitrogens with one attached hydrogen (secondary N) is 2. The van der Waals surface area contributed by atoms with Gasteiger partial charge in [-0.1, -0.05) is 30.7 Å². The van der Waals surface area contributed by atoms with Gasteiger partial charge in [-0.05, 0) is 24.1 Å². The number of hydrogen-bond donors (Lipinski definition) is 2. The molecule has 0 aliphatic carbocycles. The maximum Gasteiger partial charge on any atom is 0.222 e. The average molecular weight is 297 g/mol. The van der Waals surface area contributed by atoms with Crippen molar-refractivity contribution < 1.29 is 9.53 Å². The Kier molecular flexibility index (Phi) is 5.83. The van der Waals surface area contributed by atoms with Gasteiger partial charge in [0.1, 0.15) is 0 Å². The van der Waals surface area contributed by atoms with E-state index in [1.807, 2.05) is 24.3 Å². The first-order chi connectivity index (χ1) is 9.69. The number of ether oxygens (including phenoxy) is 1. The van der Waals surface area contributed by atoms with Gasteiger partial charge >= 0.3 is 0 Å². The van der Waals surface area contributed by atoms with E-state index < -0.39 is 0 Å². The topological polar surface area (TPSA) is 50.4 Å². The number of rotatable bonds is 5. The minimum Gasteiger partial charge on any atom is -0.378 e. The van der Waals surface area contributed by atoms with Gasteiger partial charge in [0.25, 0.3) is 0 Å². The Balaban J connectivity index is 1.88. The highest BCUT2D eigenvalue weighted by molar-refractivity contribution is 6.30. The van der Waals surface area contributed by atoms with Crippen LogP contribution >= 0.6 is 11.6 Å². The van der Waals surface area contributed by atoms with E-state index in [1.165, 1.54) is 0 Å². The molecule has 0 aromatic heterocycles. The summed E-state index contributed by atoms with van der Waals surface area (Å²) in [4.78, 5) is 12.1. The number of halogens is 1. The van der Waals surface area contributed by atoms with Crippen molar-refractivity contribution in [1.82, 2.24) is 10.6 Å². The lowest BCUT2D eigenvalue weighted by molar-refractivity contribution is -0.123. The molecule has 2 N–H and O–H groups in total. The Morgan fingerprint density at radius 3 is 2.85 bits per heavy atom. The quantitative estimate of drug-likeness (QED) is 0.876. The van der Waals surface area contributed by atoms with E-state index in [9.17, 15) is 4.79 Å². The van der Waals surface area contributed by atoms with Crippen LogP contribution in [-0.4, -0.2) is 31.7 Å². The van der Waals surface area contributed by atoms with Crippen molar-refractivity contribution >= 4 is 17.5 Å². The van der Waals surface area contributed by atoms with Gasteiger partial charge in [0, 0.05) is 24.0 Å². The summed E-state index contributed by atoms with van der Waals surface area (Å²) in [7, 11) is 0. The minimum absolute atomic E-state index is 0.0317. The first kappa shape index (κ1) is 15.3. The number of carbonyl (C=O) groups is 1. The Labute approximate surface area is 124 Å². The third-order valence-corrected chi connectivity index (χ3v) is 3.70. The van der Waals surface area contributed by atoms with Crippen LogP contribution in [0.3, 0.4) is 0 Å². The molecule has 20 heavy (non-hydrogen) atoms. The molecule has 1 fully saturated rings. The van der Waals surface area contributed by atoms with Crippen LogP contribution in [0.25, 0.3) is 0 Å². The zero-order valence-corrected chi connectivity index (χ0v) is 12.5. The Bertz CT molecular complexity index is 430. The fraction of sp³-hybridized carbons (Fsp3) is 0.533. The van der Waals surface area contributed by atoms with Crippen LogP contribution in [0.5, 0.6) is 0 Å². The smallest absolute Gasteiger partial charge is 0.222 e. The zero-order valence-electron chi connectivity index (χ0n) is 11.7. The monoisotopic (exact) mass is 296 g/mol. The molecule has 1 aromatic rings. The molecular formula is C15H21ClN2O2. The molecule has 2 atom stereocenters. The first-order valence-electron chi connectivity index (χ1n) is 7.05. The highest BCUT2D eigenvalue weighted by Crippen LogP contribution is 2.19. The third kappa shape index (κ3) is 4.47. The summed E-state index contributed by atoms with van der Waals surface area (Å²) in [5.41, 5.74) is 1.08.